The Bertz CT molecular complexity index is 680. The van der Waals surface area contributed by atoms with Crippen LogP contribution in [0.4, 0.5) is 0 Å². The van der Waals surface area contributed by atoms with Gasteiger partial charge in [0, 0.05) is 13.1 Å². The molecule has 0 heterocycles. The van der Waals surface area contributed by atoms with Crippen LogP contribution in [0.1, 0.15) is 12.5 Å². The number of aliphatic hydroxyl groups is 1. The number of aliphatic hydroxyl groups excluding tert-OH is 1. The summed E-state index contributed by atoms with van der Waals surface area (Å²) in [5.74, 6) is -0.373. The molecule has 122 valence electrons. The van der Waals surface area contributed by atoms with Crippen LogP contribution < -0.4 is 5.32 Å². The zero-order valence-electron chi connectivity index (χ0n) is 13.3. The molecule has 2 aromatic rings. The number of fused-ring (bicyclic) bond motifs is 1. The molecule has 0 saturated carbocycles. The highest BCUT2D eigenvalue weighted by Crippen LogP contribution is 2.18. The summed E-state index contributed by atoms with van der Waals surface area (Å²) in [6.07, 6.45) is 0.237. The maximum Gasteiger partial charge on any atom is 0.242 e. The number of benzene rings is 2. The second-order valence-corrected chi connectivity index (χ2v) is 5.29. The second kappa shape index (κ2) is 8.29. The third kappa shape index (κ3) is 4.53. The van der Waals surface area contributed by atoms with Crippen molar-refractivity contribution in [1.29, 1.82) is 0 Å². The number of nitrogens with one attached hydrogen (secondary N) is 1. The molecule has 2 N–H and O–H groups in total. The van der Waals surface area contributed by atoms with E-state index in [1.165, 1.54) is 4.90 Å². The molecular formula is C18H22N2O3. The van der Waals surface area contributed by atoms with Crippen molar-refractivity contribution >= 4 is 22.6 Å². The van der Waals surface area contributed by atoms with Crippen molar-refractivity contribution in [2.45, 2.75) is 13.3 Å². The van der Waals surface area contributed by atoms with E-state index in [4.69, 9.17) is 5.11 Å². The number of hydrogen-bond donors (Lipinski definition) is 2. The van der Waals surface area contributed by atoms with Crippen molar-refractivity contribution in [1.82, 2.24) is 10.2 Å². The normalized spacial score (nSPS) is 10.5. The minimum absolute atomic E-state index is 0.0442. The first-order valence-corrected chi connectivity index (χ1v) is 7.77. The Labute approximate surface area is 135 Å². The Hall–Kier alpha value is -2.40. The lowest BCUT2D eigenvalue weighted by molar-refractivity contribution is -0.133. The van der Waals surface area contributed by atoms with Crippen LogP contribution in [0.25, 0.3) is 10.8 Å². The van der Waals surface area contributed by atoms with E-state index in [1.807, 2.05) is 49.4 Å². The summed E-state index contributed by atoms with van der Waals surface area (Å²) < 4.78 is 0. The SMILES string of the molecule is CCN(CCO)C(=O)CNC(=O)Cc1cccc2ccccc12. The Morgan fingerprint density at radius 2 is 1.87 bits per heavy atom. The van der Waals surface area contributed by atoms with E-state index in [1.54, 1.807) is 0 Å². The molecule has 0 unspecified atom stereocenters. The molecule has 0 bridgehead atoms. The van der Waals surface area contributed by atoms with E-state index >= 15 is 0 Å². The number of nitrogens with zero attached hydrogens (tertiary/aromatic N) is 1. The van der Waals surface area contributed by atoms with Gasteiger partial charge in [0.1, 0.15) is 0 Å². The van der Waals surface area contributed by atoms with E-state index in [2.05, 4.69) is 5.32 Å². The van der Waals surface area contributed by atoms with Crippen molar-refractivity contribution in [3.05, 3.63) is 48.0 Å². The standard InChI is InChI=1S/C18H22N2O3/c1-2-20(10-11-21)18(23)13-19-17(22)12-15-8-5-7-14-6-3-4-9-16(14)15/h3-9,21H,2,10-13H2,1H3,(H,19,22). The van der Waals surface area contributed by atoms with Crippen molar-refractivity contribution < 1.29 is 14.7 Å². The van der Waals surface area contributed by atoms with Gasteiger partial charge in [-0.1, -0.05) is 42.5 Å². The molecule has 0 atom stereocenters. The van der Waals surface area contributed by atoms with Crippen LogP contribution in [0, 0.1) is 0 Å². The first-order valence-electron chi connectivity index (χ1n) is 7.77. The zero-order chi connectivity index (χ0) is 16.7. The topological polar surface area (TPSA) is 69.6 Å². The molecule has 0 saturated heterocycles. The lowest BCUT2D eigenvalue weighted by Gasteiger charge is -2.19. The van der Waals surface area contributed by atoms with E-state index in [0.717, 1.165) is 16.3 Å². The van der Waals surface area contributed by atoms with Gasteiger partial charge in [-0.2, -0.15) is 0 Å². The number of amides is 2. The first kappa shape index (κ1) is 17.0. The van der Waals surface area contributed by atoms with E-state index in [-0.39, 0.29) is 37.9 Å². The van der Waals surface area contributed by atoms with Crippen LogP contribution in [0.15, 0.2) is 42.5 Å². The van der Waals surface area contributed by atoms with Crippen LogP contribution in [0.5, 0.6) is 0 Å². The first-order chi connectivity index (χ1) is 11.2. The summed E-state index contributed by atoms with van der Waals surface area (Å²) >= 11 is 0. The molecule has 0 aliphatic rings. The Morgan fingerprint density at radius 3 is 2.61 bits per heavy atom. The summed E-state index contributed by atoms with van der Waals surface area (Å²) in [7, 11) is 0. The molecule has 5 nitrogen and oxygen atoms in total. The van der Waals surface area contributed by atoms with Gasteiger partial charge in [-0.15, -0.1) is 0 Å². The molecule has 0 aliphatic carbocycles. The van der Waals surface area contributed by atoms with Gasteiger partial charge in [0.15, 0.2) is 0 Å². The third-order valence-corrected chi connectivity index (χ3v) is 3.77. The number of hydrogen-bond acceptors (Lipinski definition) is 3. The molecule has 0 radical (unpaired) electrons. The number of likely N-dealkylation sites (N-methyl/N-ethyl adjacent to an activating group) is 1. The fraction of sp³-hybridized carbons (Fsp3) is 0.333. The van der Waals surface area contributed by atoms with Gasteiger partial charge >= 0.3 is 0 Å². The van der Waals surface area contributed by atoms with Gasteiger partial charge < -0.3 is 15.3 Å². The Kier molecular flexibility index (Phi) is 6.11. The maximum absolute atomic E-state index is 12.1. The van der Waals surface area contributed by atoms with Gasteiger partial charge in [-0.25, -0.2) is 0 Å². The molecule has 2 rings (SSSR count). The van der Waals surface area contributed by atoms with Gasteiger partial charge in [-0.05, 0) is 23.3 Å². The lowest BCUT2D eigenvalue weighted by atomic mass is 10.0. The smallest absolute Gasteiger partial charge is 0.242 e. The van der Waals surface area contributed by atoms with E-state index < -0.39 is 0 Å². The number of carbonyl (C=O) groups is 2. The average Bonchev–Trinajstić information content (AvgIpc) is 2.58. The maximum atomic E-state index is 12.1. The van der Waals surface area contributed by atoms with Crippen molar-refractivity contribution in [2.75, 3.05) is 26.2 Å². The summed E-state index contributed by atoms with van der Waals surface area (Å²) in [4.78, 5) is 25.5. The molecule has 0 fully saturated rings. The van der Waals surface area contributed by atoms with E-state index in [9.17, 15) is 9.59 Å². The highest BCUT2D eigenvalue weighted by atomic mass is 16.3. The summed E-state index contributed by atoms with van der Waals surface area (Å²) in [5, 5.41) is 13.7. The minimum atomic E-state index is -0.187. The fourth-order valence-corrected chi connectivity index (χ4v) is 2.55. The van der Waals surface area contributed by atoms with Crippen molar-refractivity contribution in [3.8, 4) is 0 Å². The van der Waals surface area contributed by atoms with Crippen molar-refractivity contribution in [3.63, 3.8) is 0 Å². The van der Waals surface area contributed by atoms with Crippen LogP contribution in [0.2, 0.25) is 0 Å². The van der Waals surface area contributed by atoms with Gasteiger partial charge in [0.2, 0.25) is 11.8 Å². The van der Waals surface area contributed by atoms with Crippen LogP contribution >= 0.6 is 0 Å². The largest absolute Gasteiger partial charge is 0.395 e. The van der Waals surface area contributed by atoms with E-state index in [0.29, 0.717) is 6.54 Å². The molecule has 0 spiro atoms. The van der Waals surface area contributed by atoms with Crippen LogP contribution in [0.3, 0.4) is 0 Å². The molecule has 2 aromatic carbocycles. The predicted octanol–water partition coefficient (Wildman–Crippen LogP) is 1.34. The van der Waals surface area contributed by atoms with Crippen LogP contribution in [-0.4, -0.2) is 48.1 Å². The zero-order valence-corrected chi connectivity index (χ0v) is 13.3. The predicted molar refractivity (Wildman–Crippen MR) is 90.0 cm³/mol. The van der Waals surface area contributed by atoms with Gasteiger partial charge in [0.05, 0.1) is 19.6 Å². The molecule has 0 aliphatic heterocycles. The molecular weight excluding hydrogens is 292 g/mol. The number of carbonyl (C=O) groups excluding carboxylic acids is 2. The second-order valence-electron chi connectivity index (χ2n) is 5.29. The van der Waals surface area contributed by atoms with Gasteiger partial charge in [-0.3, -0.25) is 9.59 Å². The molecule has 2 amide bonds. The monoisotopic (exact) mass is 314 g/mol. The number of rotatable bonds is 7. The highest BCUT2D eigenvalue weighted by Gasteiger charge is 2.13. The fourth-order valence-electron chi connectivity index (χ4n) is 2.55. The summed E-state index contributed by atoms with van der Waals surface area (Å²) in [6.45, 7) is 2.51. The quantitative estimate of drug-likeness (QED) is 0.810. The molecule has 0 aromatic heterocycles. The van der Waals surface area contributed by atoms with Crippen molar-refractivity contribution in [2.24, 2.45) is 0 Å². The minimum Gasteiger partial charge on any atom is -0.395 e. The Morgan fingerprint density at radius 1 is 1.13 bits per heavy atom. The molecule has 23 heavy (non-hydrogen) atoms. The summed E-state index contributed by atoms with van der Waals surface area (Å²) in [6, 6.07) is 13.8. The van der Waals surface area contributed by atoms with Crippen LogP contribution in [-0.2, 0) is 16.0 Å². The molecule has 5 heteroatoms. The highest BCUT2D eigenvalue weighted by molar-refractivity contribution is 5.91. The summed E-state index contributed by atoms with van der Waals surface area (Å²) in [5.41, 5.74) is 0.941. The average molecular weight is 314 g/mol. The Balaban J connectivity index is 1.95. The third-order valence-electron chi connectivity index (χ3n) is 3.77. The lowest BCUT2D eigenvalue weighted by Crippen LogP contribution is -2.41. The van der Waals surface area contributed by atoms with Gasteiger partial charge in [0.25, 0.3) is 0 Å².